The Kier molecular flexibility index (Phi) is 5.21. The Morgan fingerprint density at radius 1 is 1.38 bits per heavy atom. The van der Waals surface area contributed by atoms with Crippen LogP contribution in [0.1, 0.15) is 56.1 Å². The van der Waals surface area contributed by atoms with Crippen LogP contribution in [0.3, 0.4) is 0 Å². The number of carbonyl (C=O) groups is 1. The van der Waals surface area contributed by atoms with Gasteiger partial charge < -0.3 is 10.6 Å². The molecule has 0 spiro atoms. The van der Waals surface area contributed by atoms with Gasteiger partial charge in [-0.25, -0.2) is 0 Å². The molecule has 0 saturated heterocycles. The molecule has 3 atom stereocenters. The number of nitrogens with zero attached hydrogens (tertiary/aromatic N) is 1. The number of rotatable bonds is 4. The van der Waals surface area contributed by atoms with Crippen LogP contribution < -0.4 is 10.6 Å². The highest BCUT2D eigenvalue weighted by Crippen LogP contribution is 2.30. The standard InChI is InChI=1S/C17H27N3O/c1-5-18-16-9-12(3)19-10-14(16)17(21)20-15-8-6-7-11(2)13(15)4/h9-11,13,15H,5-8H2,1-4H3,(H,18,19)(H,20,21). The van der Waals surface area contributed by atoms with Gasteiger partial charge in [-0.05, 0) is 38.2 Å². The molecule has 2 N–H and O–H groups in total. The number of aryl methyl sites for hydroxylation is 1. The van der Waals surface area contributed by atoms with Gasteiger partial charge in [-0.1, -0.05) is 26.7 Å². The molecule has 116 valence electrons. The second-order valence-corrected chi connectivity index (χ2v) is 6.25. The van der Waals surface area contributed by atoms with Crippen molar-refractivity contribution in [3.8, 4) is 0 Å². The molecular formula is C17H27N3O. The Balaban J connectivity index is 2.13. The van der Waals surface area contributed by atoms with Crippen LogP contribution in [-0.4, -0.2) is 23.5 Å². The van der Waals surface area contributed by atoms with Crippen LogP contribution in [0.4, 0.5) is 5.69 Å². The molecule has 1 aliphatic carbocycles. The molecule has 1 aliphatic rings. The van der Waals surface area contributed by atoms with E-state index in [9.17, 15) is 4.79 Å². The van der Waals surface area contributed by atoms with E-state index in [1.54, 1.807) is 6.20 Å². The fraction of sp³-hybridized carbons (Fsp3) is 0.647. The van der Waals surface area contributed by atoms with Gasteiger partial charge in [0, 0.05) is 24.5 Å². The zero-order chi connectivity index (χ0) is 15.4. The van der Waals surface area contributed by atoms with E-state index in [4.69, 9.17) is 0 Å². The van der Waals surface area contributed by atoms with Crippen LogP contribution in [0, 0.1) is 18.8 Å². The van der Waals surface area contributed by atoms with E-state index in [1.165, 1.54) is 12.8 Å². The van der Waals surface area contributed by atoms with E-state index in [2.05, 4.69) is 29.5 Å². The highest BCUT2D eigenvalue weighted by molar-refractivity contribution is 5.99. The fourth-order valence-corrected chi connectivity index (χ4v) is 3.11. The average Bonchev–Trinajstić information content (AvgIpc) is 2.44. The number of amides is 1. The molecule has 1 amide bonds. The van der Waals surface area contributed by atoms with E-state index in [1.807, 2.05) is 19.9 Å². The lowest BCUT2D eigenvalue weighted by molar-refractivity contribution is 0.0891. The summed E-state index contributed by atoms with van der Waals surface area (Å²) in [6.45, 7) is 9.28. The molecule has 3 unspecified atom stereocenters. The van der Waals surface area contributed by atoms with Crippen molar-refractivity contribution in [2.24, 2.45) is 11.8 Å². The van der Waals surface area contributed by atoms with Crippen LogP contribution >= 0.6 is 0 Å². The summed E-state index contributed by atoms with van der Waals surface area (Å²) in [5.41, 5.74) is 2.44. The second-order valence-electron chi connectivity index (χ2n) is 6.25. The molecule has 0 aliphatic heterocycles. The third kappa shape index (κ3) is 3.74. The van der Waals surface area contributed by atoms with Crippen LogP contribution in [0.15, 0.2) is 12.3 Å². The van der Waals surface area contributed by atoms with E-state index in [0.29, 0.717) is 17.4 Å². The van der Waals surface area contributed by atoms with Crippen molar-refractivity contribution in [2.45, 2.75) is 53.0 Å². The molecule has 1 aromatic heterocycles. The van der Waals surface area contributed by atoms with Crippen molar-refractivity contribution >= 4 is 11.6 Å². The summed E-state index contributed by atoms with van der Waals surface area (Å²) >= 11 is 0. The first-order valence-electron chi connectivity index (χ1n) is 8.04. The zero-order valence-electron chi connectivity index (χ0n) is 13.6. The van der Waals surface area contributed by atoms with Crippen LogP contribution in [0.5, 0.6) is 0 Å². The van der Waals surface area contributed by atoms with Gasteiger partial charge in [0.25, 0.3) is 5.91 Å². The Morgan fingerprint density at radius 2 is 2.14 bits per heavy atom. The van der Waals surface area contributed by atoms with Crippen LogP contribution in [0.2, 0.25) is 0 Å². The number of hydrogen-bond donors (Lipinski definition) is 2. The van der Waals surface area contributed by atoms with Crippen molar-refractivity contribution in [3.05, 3.63) is 23.5 Å². The van der Waals surface area contributed by atoms with E-state index in [0.717, 1.165) is 24.3 Å². The van der Waals surface area contributed by atoms with Gasteiger partial charge in [-0.15, -0.1) is 0 Å². The summed E-state index contributed by atoms with van der Waals surface area (Å²) in [5, 5.41) is 6.47. The molecule has 0 bridgehead atoms. The van der Waals surface area contributed by atoms with E-state index < -0.39 is 0 Å². The molecule has 21 heavy (non-hydrogen) atoms. The van der Waals surface area contributed by atoms with Gasteiger partial charge in [0.15, 0.2) is 0 Å². The minimum Gasteiger partial charge on any atom is -0.385 e. The number of pyridine rings is 1. The van der Waals surface area contributed by atoms with E-state index in [-0.39, 0.29) is 11.9 Å². The molecule has 2 rings (SSSR count). The van der Waals surface area contributed by atoms with Gasteiger partial charge in [0.1, 0.15) is 0 Å². The summed E-state index contributed by atoms with van der Waals surface area (Å²) in [6.07, 6.45) is 5.22. The number of anilines is 1. The number of aromatic nitrogens is 1. The maximum atomic E-state index is 12.6. The maximum absolute atomic E-state index is 12.6. The Bertz CT molecular complexity index is 501. The van der Waals surface area contributed by atoms with Crippen molar-refractivity contribution in [2.75, 3.05) is 11.9 Å². The summed E-state index contributed by atoms with van der Waals surface area (Å²) < 4.78 is 0. The fourth-order valence-electron chi connectivity index (χ4n) is 3.11. The quantitative estimate of drug-likeness (QED) is 0.893. The Morgan fingerprint density at radius 3 is 2.86 bits per heavy atom. The van der Waals surface area contributed by atoms with Gasteiger partial charge in [0.05, 0.1) is 11.3 Å². The topological polar surface area (TPSA) is 54.0 Å². The predicted octanol–water partition coefficient (Wildman–Crippen LogP) is 3.38. The highest BCUT2D eigenvalue weighted by Gasteiger charge is 2.28. The predicted molar refractivity (Wildman–Crippen MR) is 86.6 cm³/mol. The van der Waals surface area contributed by atoms with E-state index >= 15 is 0 Å². The first-order valence-corrected chi connectivity index (χ1v) is 8.04. The molecule has 0 radical (unpaired) electrons. The van der Waals surface area contributed by atoms with Gasteiger partial charge >= 0.3 is 0 Å². The first kappa shape index (κ1) is 15.8. The molecule has 0 aromatic carbocycles. The van der Waals surface area contributed by atoms with Gasteiger partial charge in [-0.3, -0.25) is 9.78 Å². The minimum atomic E-state index is -0.00981. The zero-order valence-corrected chi connectivity index (χ0v) is 13.6. The Labute approximate surface area is 127 Å². The van der Waals surface area contributed by atoms with Crippen molar-refractivity contribution in [1.29, 1.82) is 0 Å². The SMILES string of the molecule is CCNc1cc(C)ncc1C(=O)NC1CCCC(C)C1C. The molecular weight excluding hydrogens is 262 g/mol. The minimum absolute atomic E-state index is 0.00981. The summed E-state index contributed by atoms with van der Waals surface area (Å²) in [4.78, 5) is 16.9. The summed E-state index contributed by atoms with van der Waals surface area (Å²) in [7, 11) is 0. The monoisotopic (exact) mass is 289 g/mol. The van der Waals surface area contributed by atoms with Crippen LogP contribution in [0.25, 0.3) is 0 Å². The molecule has 1 heterocycles. The largest absolute Gasteiger partial charge is 0.385 e. The smallest absolute Gasteiger partial charge is 0.255 e. The molecule has 4 nitrogen and oxygen atoms in total. The maximum Gasteiger partial charge on any atom is 0.255 e. The lowest BCUT2D eigenvalue weighted by Crippen LogP contribution is -2.43. The lowest BCUT2D eigenvalue weighted by atomic mass is 9.78. The third-order valence-electron chi connectivity index (χ3n) is 4.68. The Hall–Kier alpha value is -1.58. The molecule has 1 aromatic rings. The first-order chi connectivity index (χ1) is 10.0. The van der Waals surface area contributed by atoms with Crippen LogP contribution in [-0.2, 0) is 0 Å². The van der Waals surface area contributed by atoms with Gasteiger partial charge in [0.2, 0.25) is 0 Å². The summed E-state index contributed by atoms with van der Waals surface area (Å²) in [6, 6.07) is 2.21. The van der Waals surface area contributed by atoms with Crippen molar-refractivity contribution in [1.82, 2.24) is 10.3 Å². The highest BCUT2D eigenvalue weighted by atomic mass is 16.1. The number of nitrogens with one attached hydrogen (secondary N) is 2. The third-order valence-corrected chi connectivity index (χ3v) is 4.68. The summed E-state index contributed by atoms with van der Waals surface area (Å²) in [5.74, 6) is 1.20. The van der Waals surface area contributed by atoms with Crippen molar-refractivity contribution in [3.63, 3.8) is 0 Å². The lowest BCUT2D eigenvalue weighted by Gasteiger charge is -2.34. The average molecular weight is 289 g/mol. The number of hydrogen-bond acceptors (Lipinski definition) is 3. The van der Waals surface area contributed by atoms with Crippen molar-refractivity contribution < 1.29 is 4.79 Å². The normalized spacial score (nSPS) is 25.4. The molecule has 4 heteroatoms. The van der Waals surface area contributed by atoms with Gasteiger partial charge in [-0.2, -0.15) is 0 Å². The molecule has 1 saturated carbocycles. The second kappa shape index (κ2) is 6.92. The number of carbonyl (C=O) groups excluding carboxylic acids is 1. The molecule has 1 fully saturated rings.